The lowest BCUT2D eigenvalue weighted by atomic mass is 10.1. The van der Waals surface area contributed by atoms with Gasteiger partial charge in [-0.2, -0.15) is 5.10 Å². The molecule has 2 aromatic rings. The van der Waals surface area contributed by atoms with Crippen LogP contribution in [0, 0.1) is 12.8 Å². The molecular weight excluding hydrogens is 304 g/mol. The number of anilines is 1. The van der Waals surface area contributed by atoms with Crippen molar-refractivity contribution in [3.63, 3.8) is 0 Å². The first-order chi connectivity index (χ1) is 11.5. The predicted molar refractivity (Wildman–Crippen MR) is 91.6 cm³/mol. The third kappa shape index (κ3) is 3.48. The fourth-order valence-electron chi connectivity index (χ4n) is 2.52. The maximum atomic E-state index is 12.3. The Balaban J connectivity index is 1.62. The van der Waals surface area contributed by atoms with E-state index in [0.29, 0.717) is 5.56 Å². The van der Waals surface area contributed by atoms with Crippen LogP contribution >= 0.6 is 0 Å². The molecule has 0 saturated heterocycles. The maximum Gasteiger partial charge on any atom is 0.255 e. The first-order valence-corrected chi connectivity index (χ1v) is 8.16. The minimum atomic E-state index is -0.140. The molecule has 1 aromatic carbocycles. The van der Waals surface area contributed by atoms with Crippen molar-refractivity contribution in [1.82, 2.24) is 15.1 Å². The van der Waals surface area contributed by atoms with E-state index in [-0.39, 0.29) is 23.8 Å². The molecule has 0 bridgehead atoms. The lowest BCUT2D eigenvalue weighted by Gasteiger charge is -2.15. The SMILES string of the molecule is Cc1c(C(=O)NC(C)c2ccc(NC(=O)C3CC3)cc2)cnn1C. The van der Waals surface area contributed by atoms with Gasteiger partial charge in [-0.3, -0.25) is 14.3 Å². The van der Waals surface area contributed by atoms with E-state index in [9.17, 15) is 9.59 Å². The lowest BCUT2D eigenvalue weighted by molar-refractivity contribution is -0.117. The van der Waals surface area contributed by atoms with Gasteiger partial charge < -0.3 is 10.6 Å². The van der Waals surface area contributed by atoms with Crippen LogP contribution in [0.2, 0.25) is 0 Å². The number of nitrogens with one attached hydrogen (secondary N) is 2. The molecule has 1 fully saturated rings. The molecule has 126 valence electrons. The van der Waals surface area contributed by atoms with Crippen LogP contribution in [0.1, 0.15) is 47.4 Å². The van der Waals surface area contributed by atoms with Crippen LogP contribution in [0.5, 0.6) is 0 Å². The Morgan fingerprint density at radius 2 is 1.92 bits per heavy atom. The highest BCUT2D eigenvalue weighted by molar-refractivity contribution is 5.95. The van der Waals surface area contributed by atoms with Crippen molar-refractivity contribution in [3.05, 3.63) is 47.3 Å². The third-order valence-corrected chi connectivity index (χ3v) is 4.45. The molecule has 1 aliphatic carbocycles. The van der Waals surface area contributed by atoms with Crippen molar-refractivity contribution in [2.45, 2.75) is 32.7 Å². The lowest BCUT2D eigenvalue weighted by Crippen LogP contribution is -2.27. The van der Waals surface area contributed by atoms with Crippen LogP contribution in [-0.4, -0.2) is 21.6 Å². The van der Waals surface area contributed by atoms with Crippen LogP contribution in [0.25, 0.3) is 0 Å². The minimum absolute atomic E-state index is 0.0937. The molecule has 2 N–H and O–H groups in total. The van der Waals surface area contributed by atoms with Crippen molar-refractivity contribution in [3.8, 4) is 0 Å². The fraction of sp³-hybridized carbons (Fsp3) is 0.389. The van der Waals surface area contributed by atoms with E-state index in [0.717, 1.165) is 29.8 Å². The number of amides is 2. The van der Waals surface area contributed by atoms with Gasteiger partial charge in [-0.1, -0.05) is 12.1 Å². The Morgan fingerprint density at radius 1 is 1.25 bits per heavy atom. The fourth-order valence-corrected chi connectivity index (χ4v) is 2.52. The zero-order chi connectivity index (χ0) is 17.3. The smallest absolute Gasteiger partial charge is 0.255 e. The number of nitrogens with zero attached hydrogens (tertiary/aromatic N) is 2. The first kappa shape index (κ1) is 16.2. The number of aromatic nitrogens is 2. The van der Waals surface area contributed by atoms with Crippen molar-refractivity contribution in [2.75, 3.05) is 5.32 Å². The minimum Gasteiger partial charge on any atom is -0.345 e. The summed E-state index contributed by atoms with van der Waals surface area (Å²) in [6.07, 6.45) is 3.55. The van der Waals surface area contributed by atoms with Crippen LogP contribution < -0.4 is 10.6 Å². The van der Waals surface area contributed by atoms with Gasteiger partial charge in [-0.15, -0.1) is 0 Å². The summed E-state index contributed by atoms with van der Waals surface area (Å²) < 4.78 is 1.68. The molecule has 1 aromatic heterocycles. The zero-order valence-electron chi connectivity index (χ0n) is 14.2. The average molecular weight is 326 g/mol. The molecule has 1 atom stereocenters. The summed E-state index contributed by atoms with van der Waals surface area (Å²) in [5.74, 6) is 0.140. The zero-order valence-corrected chi connectivity index (χ0v) is 14.2. The summed E-state index contributed by atoms with van der Waals surface area (Å²) in [6.45, 7) is 3.80. The van der Waals surface area contributed by atoms with Crippen molar-refractivity contribution < 1.29 is 9.59 Å². The highest BCUT2D eigenvalue weighted by Gasteiger charge is 2.29. The summed E-state index contributed by atoms with van der Waals surface area (Å²) in [7, 11) is 1.81. The van der Waals surface area contributed by atoms with Crippen LogP contribution in [0.3, 0.4) is 0 Å². The molecule has 24 heavy (non-hydrogen) atoms. The average Bonchev–Trinajstić information content (AvgIpc) is 3.35. The maximum absolute atomic E-state index is 12.3. The van der Waals surface area contributed by atoms with Gasteiger partial charge in [0.25, 0.3) is 5.91 Å². The standard InChI is InChI=1S/C18H22N4O2/c1-11(20-18(24)16-10-19-22(3)12(16)2)13-6-8-15(9-7-13)21-17(23)14-4-5-14/h6-11,14H,4-5H2,1-3H3,(H,20,24)(H,21,23). The van der Waals surface area contributed by atoms with Gasteiger partial charge in [-0.25, -0.2) is 0 Å². The molecule has 6 heteroatoms. The Hall–Kier alpha value is -2.63. The van der Waals surface area contributed by atoms with Gasteiger partial charge in [0, 0.05) is 24.3 Å². The van der Waals surface area contributed by atoms with E-state index in [1.54, 1.807) is 10.9 Å². The third-order valence-electron chi connectivity index (χ3n) is 4.45. The molecule has 2 amide bonds. The summed E-state index contributed by atoms with van der Waals surface area (Å²) in [5, 5.41) is 9.98. The molecule has 0 spiro atoms. The molecule has 1 aliphatic rings. The van der Waals surface area contributed by atoms with E-state index in [1.807, 2.05) is 45.2 Å². The summed E-state index contributed by atoms with van der Waals surface area (Å²) >= 11 is 0. The highest BCUT2D eigenvalue weighted by atomic mass is 16.2. The number of hydrogen-bond acceptors (Lipinski definition) is 3. The number of hydrogen-bond donors (Lipinski definition) is 2. The quantitative estimate of drug-likeness (QED) is 0.886. The molecule has 3 rings (SSSR count). The van der Waals surface area contributed by atoms with Gasteiger partial charge in [-0.05, 0) is 44.4 Å². The van der Waals surface area contributed by atoms with Crippen LogP contribution in [0.15, 0.2) is 30.5 Å². The van der Waals surface area contributed by atoms with Crippen molar-refractivity contribution in [1.29, 1.82) is 0 Å². The Labute approximate surface area is 141 Å². The van der Waals surface area contributed by atoms with Crippen LogP contribution in [0.4, 0.5) is 5.69 Å². The molecule has 1 saturated carbocycles. The second-order valence-electron chi connectivity index (χ2n) is 6.35. The van der Waals surface area contributed by atoms with E-state index in [1.165, 1.54) is 0 Å². The van der Waals surface area contributed by atoms with E-state index < -0.39 is 0 Å². The molecule has 1 heterocycles. The largest absolute Gasteiger partial charge is 0.345 e. The summed E-state index contributed by atoms with van der Waals surface area (Å²) in [4.78, 5) is 24.1. The van der Waals surface area contributed by atoms with Crippen molar-refractivity contribution >= 4 is 17.5 Å². The molecule has 1 unspecified atom stereocenters. The Bertz CT molecular complexity index is 760. The number of benzene rings is 1. The normalized spacial score (nSPS) is 15.0. The Kier molecular flexibility index (Phi) is 4.38. The van der Waals surface area contributed by atoms with Gasteiger partial charge in [0.1, 0.15) is 0 Å². The topological polar surface area (TPSA) is 76.0 Å². The van der Waals surface area contributed by atoms with E-state index in [2.05, 4.69) is 15.7 Å². The number of carbonyl (C=O) groups is 2. The summed E-state index contributed by atoms with van der Waals surface area (Å²) in [5.41, 5.74) is 3.18. The second kappa shape index (κ2) is 6.47. The first-order valence-electron chi connectivity index (χ1n) is 8.16. The Morgan fingerprint density at radius 3 is 2.46 bits per heavy atom. The number of carbonyl (C=O) groups excluding carboxylic acids is 2. The molecule has 0 aliphatic heterocycles. The predicted octanol–water partition coefficient (Wildman–Crippen LogP) is 2.57. The molecule has 6 nitrogen and oxygen atoms in total. The number of aryl methyl sites for hydroxylation is 1. The van der Waals surface area contributed by atoms with Gasteiger partial charge in [0.15, 0.2) is 0 Å². The second-order valence-corrected chi connectivity index (χ2v) is 6.35. The molecule has 0 radical (unpaired) electrons. The number of rotatable bonds is 5. The van der Waals surface area contributed by atoms with Gasteiger partial charge in [0.2, 0.25) is 5.91 Å². The monoisotopic (exact) mass is 326 g/mol. The van der Waals surface area contributed by atoms with E-state index in [4.69, 9.17) is 0 Å². The van der Waals surface area contributed by atoms with Gasteiger partial charge >= 0.3 is 0 Å². The van der Waals surface area contributed by atoms with Crippen LogP contribution in [-0.2, 0) is 11.8 Å². The molecular formula is C18H22N4O2. The van der Waals surface area contributed by atoms with Crippen molar-refractivity contribution in [2.24, 2.45) is 13.0 Å². The van der Waals surface area contributed by atoms with Gasteiger partial charge in [0.05, 0.1) is 17.8 Å². The summed E-state index contributed by atoms with van der Waals surface area (Å²) in [6, 6.07) is 7.44. The van der Waals surface area contributed by atoms with E-state index >= 15 is 0 Å². The highest BCUT2D eigenvalue weighted by Crippen LogP contribution is 2.30.